The first-order chi connectivity index (χ1) is 10.4. The zero-order valence-corrected chi connectivity index (χ0v) is 14.8. The van der Waals surface area contributed by atoms with Gasteiger partial charge in [0, 0.05) is 10.8 Å². The van der Waals surface area contributed by atoms with E-state index in [4.69, 9.17) is 9.47 Å². The lowest BCUT2D eigenvalue weighted by Crippen LogP contribution is -2.38. The number of imidazole rings is 1. The molecule has 0 fully saturated rings. The van der Waals surface area contributed by atoms with Crippen LogP contribution in [0.5, 0.6) is 0 Å². The van der Waals surface area contributed by atoms with Gasteiger partial charge in [-0.3, -0.25) is 0 Å². The molecule has 0 atom stereocenters. The first-order valence-electron chi connectivity index (χ1n) is 7.07. The van der Waals surface area contributed by atoms with E-state index in [2.05, 4.69) is 0 Å². The Labute approximate surface area is 137 Å². The molecule has 0 saturated carbocycles. The van der Waals surface area contributed by atoms with Gasteiger partial charge >= 0.3 is 17.9 Å². The van der Waals surface area contributed by atoms with Crippen LogP contribution in [-0.4, -0.2) is 32.5 Å². The molecule has 23 heavy (non-hydrogen) atoms. The highest BCUT2D eigenvalue weighted by Crippen LogP contribution is 2.21. The Bertz CT molecular complexity index is 750. The zero-order valence-electron chi connectivity index (χ0n) is 14.0. The number of carbonyl (C=O) groups is 2. The second-order valence-electron chi connectivity index (χ2n) is 7.06. The van der Waals surface area contributed by atoms with Gasteiger partial charge in [-0.1, -0.05) is 0 Å². The summed E-state index contributed by atoms with van der Waals surface area (Å²) in [5.41, 5.74) is -1.67. The monoisotopic (exact) mass is 340 g/mol. The summed E-state index contributed by atoms with van der Waals surface area (Å²) in [4.78, 5) is 37.1. The van der Waals surface area contributed by atoms with Crippen LogP contribution in [0.1, 0.15) is 41.5 Å². The molecular weight excluding hydrogens is 320 g/mol. The Kier molecular flexibility index (Phi) is 4.14. The maximum Gasteiger partial charge on any atom is 0.423 e. The zero-order chi connectivity index (χ0) is 17.6. The van der Waals surface area contributed by atoms with Crippen LogP contribution in [0.15, 0.2) is 15.6 Å². The van der Waals surface area contributed by atoms with E-state index in [9.17, 15) is 14.4 Å². The van der Waals surface area contributed by atoms with E-state index in [1.807, 2.05) is 0 Å². The second-order valence-corrected chi connectivity index (χ2v) is 7.80. The van der Waals surface area contributed by atoms with E-state index in [-0.39, 0.29) is 0 Å². The Balaban J connectivity index is 2.55. The summed E-state index contributed by atoms with van der Waals surface area (Å²) in [5.74, 6) is 0. The fourth-order valence-corrected chi connectivity index (χ4v) is 2.67. The van der Waals surface area contributed by atoms with Crippen molar-refractivity contribution in [3.8, 4) is 0 Å². The van der Waals surface area contributed by atoms with Crippen molar-refractivity contribution in [2.45, 2.75) is 52.7 Å². The summed E-state index contributed by atoms with van der Waals surface area (Å²) in [7, 11) is 0. The molecule has 0 aliphatic carbocycles. The van der Waals surface area contributed by atoms with Crippen LogP contribution in [0, 0.1) is 0 Å². The topological polar surface area (TPSA) is 79.5 Å². The molecule has 0 aromatic carbocycles. The fraction of sp³-hybridized carbons (Fsp3) is 0.533. The molecule has 0 amide bonds. The smallest absolute Gasteiger partial charge is 0.423 e. The predicted octanol–water partition coefficient (Wildman–Crippen LogP) is 3.43. The lowest BCUT2D eigenvalue weighted by atomic mass is 10.2. The van der Waals surface area contributed by atoms with Crippen molar-refractivity contribution in [3.05, 3.63) is 21.2 Å². The van der Waals surface area contributed by atoms with Crippen LogP contribution in [0.25, 0.3) is 11.0 Å². The van der Waals surface area contributed by atoms with E-state index >= 15 is 0 Å². The average Bonchev–Trinajstić information content (AvgIpc) is 2.81. The maximum absolute atomic E-state index is 12.5. The molecule has 2 heterocycles. The van der Waals surface area contributed by atoms with Gasteiger partial charge in [-0.25, -0.2) is 14.4 Å². The molecule has 0 aliphatic rings. The van der Waals surface area contributed by atoms with Gasteiger partial charge in [0.1, 0.15) is 11.2 Å². The third kappa shape index (κ3) is 3.64. The van der Waals surface area contributed by atoms with E-state index < -0.39 is 29.1 Å². The first-order valence-corrected chi connectivity index (χ1v) is 8.01. The Morgan fingerprint density at radius 3 is 1.52 bits per heavy atom. The molecule has 7 nitrogen and oxygen atoms in total. The molecule has 0 radical (unpaired) electrons. The number of fused-ring (bicyclic) bond motifs is 1. The fourth-order valence-electron chi connectivity index (χ4n) is 1.89. The van der Waals surface area contributed by atoms with Crippen molar-refractivity contribution < 1.29 is 19.1 Å². The Morgan fingerprint density at radius 1 is 0.870 bits per heavy atom. The molecule has 0 aliphatic heterocycles. The summed E-state index contributed by atoms with van der Waals surface area (Å²) < 4.78 is 12.2. The van der Waals surface area contributed by atoms with Crippen LogP contribution in [0.4, 0.5) is 9.59 Å². The number of carbonyl (C=O) groups excluding carboxylic acids is 2. The van der Waals surface area contributed by atoms with Gasteiger partial charge in [-0.05, 0) is 41.5 Å². The van der Waals surface area contributed by atoms with Crippen LogP contribution in [0.2, 0.25) is 0 Å². The Hall–Kier alpha value is -2.09. The highest BCUT2D eigenvalue weighted by Gasteiger charge is 2.28. The largest absolute Gasteiger partial charge is 0.443 e. The van der Waals surface area contributed by atoms with Crippen LogP contribution in [-0.2, 0) is 9.47 Å². The van der Waals surface area contributed by atoms with E-state index in [1.165, 1.54) is 11.3 Å². The van der Waals surface area contributed by atoms with Crippen LogP contribution < -0.4 is 5.69 Å². The van der Waals surface area contributed by atoms with Crippen molar-refractivity contribution in [2.24, 2.45) is 0 Å². The highest BCUT2D eigenvalue weighted by molar-refractivity contribution is 7.09. The minimum atomic E-state index is -0.826. The molecule has 2 rings (SSSR count). The first kappa shape index (κ1) is 17.3. The molecule has 2 aromatic rings. The maximum atomic E-state index is 12.5. The van der Waals surface area contributed by atoms with Crippen molar-refractivity contribution >= 4 is 34.6 Å². The standard InChI is InChI=1S/C15H20N2O5S/c1-14(2,3)21-12(19)16-9-7-23-8-10(9)17(11(16)18)13(20)22-15(4,5)6/h7-8H,1-6H3. The molecule has 126 valence electrons. The summed E-state index contributed by atoms with van der Waals surface area (Å²) in [6.45, 7) is 10.2. The third-order valence-corrected chi connectivity index (χ3v) is 3.36. The average molecular weight is 340 g/mol. The number of ether oxygens (including phenoxy) is 2. The molecule has 0 N–H and O–H groups in total. The molecule has 0 saturated heterocycles. The number of aromatic nitrogens is 2. The van der Waals surface area contributed by atoms with Crippen molar-refractivity contribution in [1.82, 2.24) is 9.13 Å². The normalized spacial score (nSPS) is 12.4. The quantitative estimate of drug-likeness (QED) is 0.734. The number of rotatable bonds is 0. The summed E-state index contributed by atoms with van der Waals surface area (Å²) in [5, 5.41) is 3.23. The molecule has 0 bridgehead atoms. The van der Waals surface area contributed by atoms with E-state index in [0.29, 0.717) is 11.0 Å². The molecule has 0 spiro atoms. The summed E-state index contributed by atoms with van der Waals surface area (Å²) in [6.07, 6.45) is -1.65. The molecule has 8 heteroatoms. The molecule has 2 aromatic heterocycles. The number of nitrogens with zero attached hydrogens (tertiary/aromatic N) is 2. The number of hydrogen-bond acceptors (Lipinski definition) is 6. The SMILES string of the molecule is CC(C)(C)OC(=O)n1c(=O)n(C(=O)OC(C)(C)C)c2cscc21. The van der Waals surface area contributed by atoms with E-state index in [0.717, 1.165) is 9.13 Å². The third-order valence-electron chi connectivity index (χ3n) is 2.64. The predicted molar refractivity (Wildman–Crippen MR) is 87.3 cm³/mol. The van der Waals surface area contributed by atoms with Gasteiger partial charge < -0.3 is 9.47 Å². The van der Waals surface area contributed by atoms with Gasteiger partial charge in [0.05, 0.1) is 11.0 Å². The van der Waals surface area contributed by atoms with Gasteiger partial charge in [-0.15, -0.1) is 11.3 Å². The second kappa shape index (κ2) is 5.52. The van der Waals surface area contributed by atoms with Gasteiger partial charge in [-0.2, -0.15) is 9.13 Å². The lowest BCUT2D eigenvalue weighted by Gasteiger charge is -2.19. The van der Waals surface area contributed by atoms with Gasteiger partial charge in [0.2, 0.25) is 0 Å². The van der Waals surface area contributed by atoms with Crippen molar-refractivity contribution in [3.63, 3.8) is 0 Å². The molecular formula is C15H20N2O5S. The highest BCUT2D eigenvalue weighted by atomic mass is 32.1. The van der Waals surface area contributed by atoms with Gasteiger partial charge in [0.15, 0.2) is 0 Å². The number of hydrogen-bond donors (Lipinski definition) is 0. The lowest BCUT2D eigenvalue weighted by molar-refractivity contribution is 0.0518. The van der Waals surface area contributed by atoms with Crippen molar-refractivity contribution in [1.29, 1.82) is 0 Å². The van der Waals surface area contributed by atoms with Gasteiger partial charge in [0.25, 0.3) is 0 Å². The summed E-state index contributed by atoms with van der Waals surface area (Å²) >= 11 is 1.27. The minimum absolute atomic E-state index is 0.320. The van der Waals surface area contributed by atoms with Crippen LogP contribution in [0.3, 0.4) is 0 Å². The molecule has 0 unspecified atom stereocenters. The van der Waals surface area contributed by atoms with Crippen molar-refractivity contribution in [2.75, 3.05) is 0 Å². The van der Waals surface area contributed by atoms with Crippen LogP contribution >= 0.6 is 11.3 Å². The summed E-state index contributed by atoms with van der Waals surface area (Å²) in [6, 6.07) is 0. The Morgan fingerprint density at radius 2 is 1.22 bits per heavy atom. The minimum Gasteiger partial charge on any atom is -0.443 e. The number of thiophene rings is 1. The van der Waals surface area contributed by atoms with E-state index in [1.54, 1.807) is 52.3 Å².